The fourth-order valence-electron chi connectivity index (χ4n) is 4.94. The van der Waals surface area contributed by atoms with Gasteiger partial charge >= 0.3 is 0 Å². The molecule has 0 saturated carbocycles. The number of pyridine rings is 1. The van der Waals surface area contributed by atoms with Crippen LogP contribution in [0.1, 0.15) is 47.6 Å². The Balaban J connectivity index is 0.00000151. The van der Waals surface area contributed by atoms with Gasteiger partial charge < -0.3 is 5.84 Å². The summed E-state index contributed by atoms with van der Waals surface area (Å²) in [6.45, 7) is 5.41. The van der Waals surface area contributed by atoms with Crippen LogP contribution in [0.15, 0.2) is 59.7 Å². The Morgan fingerprint density at radius 2 is 1.36 bits per heavy atom. The standard InChI is InChI=1S/C27H28N8S2.C2H6/c28-26-18-14-24(36-22(18)8-4-10-34(26)30)20-12-17(16-6-2-1-3-7-16)13-21(32-20)25-15-19-23(37-25)9-5-11-35(31)27(19)33-29;1-2/h1-3,6-7,12-15,28H,4-5,8-11,29-31H2;1-2H3/b28-26?,33-27-;. The van der Waals surface area contributed by atoms with Crippen LogP contribution in [0.3, 0.4) is 0 Å². The molecule has 0 saturated heterocycles. The molecular formula is C29H34N8S2. The van der Waals surface area contributed by atoms with Gasteiger partial charge in [-0.05, 0) is 61.1 Å². The molecule has 202 valence electrons. The number of fused-ring (bicyclic) bond motifs is 2. The van der Waals surface area contributed by atoms with Crippen molar-refractivity contribution < 1.29 is 0 Å². The fraction of sp³-hybridized carbons (Fsp3) is 0.276. The number of hydrogen-bond donors (Lipinski definition) is 4. The second kappa shape index (κ2) is 11.7. The number of aromatic nitrogens is 1. The number of aryl methyl sites for hydroxylation is 2. The number of hydrogen-bond acceptors (Lipinski definition) is 8. The Hall–Kier alpha value is -3.57. The number of thiophene rings is 2. The van der Waals surface area contributed by atoms with Gasteiger partial charge in [-0.15, -0.1) is 22.7 Å². The number of nitrogens with two attached hydrogens (primary N) is 3. The molecule has 3 aromatic heterocycles. The summed E-state index contributed by atoms with van der Waals surface area (Å²) in [5, 5.41) is 15.7. The first kappa shape index (κ1) is 27.0. The lowest BCUT2D eigenvalue weighted by Gasteiger charge is -2.16. The average Bonchev–Trinajstić information content (AvgIpc) is 3.52. The van der Waals surface area contributed by atoms with E-state index in [0.29, 0.717) is 18.2 Å². The quantitative estimate of drug-likeness (QED) is 0.196. The van der Waals surface area contributed by atoms with E-state index in [0.717, 1.165) is 75.6 Å². The van der Waals surface area contributed by atoms with Crippen molar-refractivity contribution >= 4 is 34.3 Å². The van der Waals surface area contributed by atoms with Crippen LogP contribution in [0, 0.1) is 5.41 Å². The van der Waals surface area contributed by atoms with Crippen molar-refractivity contribution in [3.05, 3.63) is 75.5 Å². The topological polar surface area (TPSA) is 134 Å². The Morgan fingerprint density at radius 3 is 1.97 bits per heavy atom. The molecule has 2 aliphatic heterocycles. The molecule has 39 heavy (non-hydrogen) atoms. The number of nitrogens with zero attached hydrogens (tertiary/aromatic N) is 4. The summed E-state index contributed by atoms with van der Waals surface area (Å²) in [6, 6.07) is 18.8. The second-order valence-electron chi connectivity index (χ2n) is 9.28. The van der Waals surface area contributed by atoms with Gasteiger partial charge in [-0.25, -0.2) is 16.7 Å². The maximum absolute atomic E-state index is 8.55. The molecular weight excluding hydrogens is 525 g/mol. The molecule has 7 N–H and O–H groups in total. The van der Waals surface area contributed by atoms with E-state index >= 15 is 0 Å². The molecule has 1 aromatic carbocycles. The SMILES string of the molecule is CC.N=C1c2cc(-c3cc(-c4ccccc4)cc(-c4cc5c(s4)CCCN(N)/C5=N\N)n3)sc2CCCN1N. The first-order valence-corrected chi connectivity index (χ1v) is 14.9. The van der Waals surface area contributed by atoms with Gasteiger partial charge in [-0.3, -0.25) is 15.4 Å². The van der Waals surface area contributed by atoms with Crippen LogP contribution in [0.2, 0.25) is 0 Å². The maximum atomic E-state index is 8.55. The highest BCUT2D eigenvalue weighted by Crippen LogP contribution is 2.39. The Morgan fingerprint density at radius 1 is 0.795 bits per heavy atom. The van der Waals surface area contributed by atoms with Gasteiger partial charge in [0.05, 0.1) is 21.1 Å². The number of rotatable bonds is 3. The minimum Gasteiger partial charge on any atom is -0.321 e. The Labute approximate surface area is 237 Å². The molecule has 4 aromatic rings. The molecule has 0 spiro atoms. The molecule has 0 radical (unpaired) electrons. The van der Waals surface area contributed by atoms with Crippen molar-refractivity contribution in [1.82, 2.24) is 15.0 Å². The van der Waals surface area contributed by atoms with E-state index in [1.807, 2.05) is 32.0 Å². The van der Waals surface area contributed by atoms with E-state index in [1.54, 1.807) is 27.7 Å². The summed E-state index contributed by atoms with van der Waals surface area (Å²) in [5.41, 5.74) is 5.90. The van der Waals surface area contributed by atoms with Gasteiger partial charge in [0.2, 0.25) is 0 Å². The largest absolute Gasteiger partial charge is 0.321 e. The number of nitrogens with one attached hydrogen (secondary N) is 1. The molecule has 5 heterocycles. The highest BCUT2D eigenvalue weighted by Gasteiger charge is 2.24. The number of amidine groups is 2. The average molecular weight is 559 g/mol. The lowest BCUT2D eigenvalue weighted by Crippen LogP contribution is -2.38. The third kappa shape index (κ3) is 5.33. The molecule has 2 aliphatic rings. The number of benzene rings is 1. The molecule has 0 bridgehead atoms. The zero-order valence-electron chi connectivity index (χ0n) is 22.3. The summed E-state index contributed by atoms with van der Waals surface area (Å²) in [7, 11) is 0. The summed E-state index contributed by atoms with van der Waals surface area (Å²) in [5.74, 6) is 19.0. The second-order valence-corrected chi connectivity index (χ2v) is 11.6. The van der Waals surface area contributed by atoms with Crippen molar-refractivity contribution in [3.63, 3.8) is 0 Å². The lowest BCUT2D eigenvalue weighted by molar-refractivity contribution is 0.434. The highest BCUT2D eigenvalue weighted by atomic mass is 32.1. The minimum atomic E-state index is 0.372. The Bertz CT molecular complexity index is 1500. The summed E-state index contributed by atoms with van der Waals surface area (Å²) in [4.78, 5) is 9.65. The van der Waals surface area contributed by atoms with Crippen LogP contribution >= 0.6 is 22.7 Å². The molecule has 0 fully saturated rings. The normalized spacial score (nSPS) is 16.2. The van der Waals surface area contributed by atoms with Crippen molar-refractivity contribution in [1.29, 1.82) is 5.41 Å². The number of hydrazone groups is 1. The van der Waals surface area contributed by atoms with E-state index in [1.165, 1.54) is 14.8 Å². The lowest BCUT2D eigenvalue weighted by atomic mass is 10.0. The first-order chi connectivity index (χ1) is 19.0. The zero-order chi connectivity index (χ0) is 27.5. The molecule has 0 atom stereocenters. The van der Waals surface area contributed by atoms with Crippen molar-refractivity contribution in [3.8, 4) is 32.3 Å². The predicted octanol–water partition coefficient (Wildman–Crippen LogP) is 5.42. The smallest absolute Gasteiger partial charge is 0.170 e. The molecule has 8 nitrogen and oxygen atoms in total. The Kier molecular flexibility index (Phi) is 8.08. The van der Waals surface area contributed by atoms with E-state index in [4.69, 9.17) is 27.9 Å². The molecule has 0 aliphatic carbocycles. The number of hydrazine groups is 2. The van der Waals surface area contributed by atoms with Crippen LogP contribution in [0.4, 0.5) is 0 Å². The van der Waals surface area contributed by atoms with Crippen LogP contribution in [-0.2, 0) is 12.8 Å². The molecule has 6 rings (SSSR count). The summed E-state index contributed by atoms with van der Waals surface area (Å²) < 4.78 is 0. The van der Waals surface area contributed by atoms with E-state index in [-0.39, 0.29) is 0 Å². The minimum absolute atomic E-state index is 0.372. The first-order valence-electron chi connectivity index (χ1n) is 13.3. The van der Waals surface area contributed by atoms with Gasteiger partial charge in [-0.2, -0.15) is 5.10 Å². The van der Waals surface area contributed by atoms with Crippen molar-refractivity contribution in [2.75, 3.05) is 13.1 Å². The fourth-order valence-corrected chi connectivity index (χ4v) is 7.26. The van der Waals surface area contributed by atoms with Crippen LogP contribution in [0.25, 0.3) is 32.3 Å². The summed E-state index contributed by atoms with van der Waals surface area (Å²) in [6.07, 6.45) is 3.71. The van der Waals surface area contributed by atoms with Gasteiger partial charge in [-0.1, -0.05) is 44.2 Å². The monoisotopic (exact) mass is 558 g/mol. The van der Waals surface area contributed by atoms with E-state index < -0.39 is 0 Å². The third-order valence-electron chi connectivity index (χ3n) is 6.84. The predicted molar refractivity (Wildman–Crippen MR) is 164 cm³/mol. The molecule has 0 amide bonds. The highest BCUT2D eigenvalue weighted by molar-refractivity contribution is 7.16. The molecule has 10 heteroatoms. The maximum Gasteiger partial charge on any atom is 0.170 e. The van der Waals surface area contributed by atoms with Gasteiger partial charge in [0.25, 0.3) is 0 Å². The molecule has 0 unspecified atom stereocenters. The summed E-state index contributed by atoms with van der Waals surface area (Å²) >= 11 is 3.44. The van der Waals surface area contributed by atoms with Crippen molar-refractivity contribution in [2.24, 2.45) is 22.6 Å². The van der Waals surface area contributed by atoms with Gasteiger partial charge in [0, 0.05) is 34.0 Å². The van der Waals surface area contributed by atoms with Gasteiger partial charge in [0.15, 0.2) is 5.84 Å². The van der Waals surface area contributed by atoms with Crippen LogP contribution in [-0.4, -0.2) is 39.8 Å². The zero-order valence-corrected chi connectivity index (χ0v) is 23.9. The third-order valence-corrected chi connectivity index (χ3v) is 9.27. The van der Waals surface area contributed by atoms with Crippen LogP contribution < -0.4 is 17.5 Å². The van der Waals surface area contributed by atoms with Crippen LogP contribution in [0.5, 0.6) is 0 Å². The van der Waals surface area contributed by atoms with Gasteiger partial charge in [0.1, 0.15) is 5.84 Å². The van der Waals surface area contributed by atoms with Crippen molar-refractivity contribution in [2.45, 2.75) is 39.5 Å². The van der Waals surface area contributed by atoms with E-state index in [2.05, 4.69) is 41.5 Å². The van der Waals surface area contributed by atoms with E-state index in [9.17, 15) is 0 Å².